The van der Waals surface area contributed by atoms with Crippen LogP contribution in [-0.2, 0) is 9.53 Å². The molecule has 0 aromatic rings. The Bertz CT molecular complexity index is 355. The number of ether oxygens (including phenoxy) is 1. The number of rotatable bonds is 8. The van der Waals surface area contributed by atoms with Crippen molar-refractivity contribution in [2.24, 2.45) is 11.8 Å². The molecule has 0 radical (unpaired) electrons. The number of hydrogen-bond acceptors (Lipinski definition) is 4. The van der Waals surface area contributed by atoms with E-state index in [4.69, 9.17) is 4.74 Å². The molecule has 1 aliphatic heterocycles. The largest absolute Gasteiger partial charge is 0.468 e. The summed E-state index contributed by atoms with van der Waals surface area (Å²) in [4.78, 5) is 15.1. The third-order valence-corrected chi connectivity index (χ3v) is 5.15. The van der Waals surface area contributed by atoms with Gasteiger partial charge in [0.2, 0.25) is 0 Å². The first-order chi connectivity index (χ1) is 10.0. The van der Waals surface area contributed by atoms with E-state index in [-0.39, 0.29) is 5.97 Å². The van der Waals surface area contributed by atoms with Crippen LogP contribution in [0.2, 0.25) is 0 Å². The number of carbonyl (C=O) groups is 1. The Kier molecular flexibility index (Phi) is 5.67. The number of nitrogens with one attached hydrogen (secondary N) is 1. The van der Waals surface area contributed by atoms with E-state index in [9.17, 15) is 4.79 Å². The van der Waals surface area contributed by atoms with Crippen LogP contribution < -0.4 is 5.32 Å². The Morgan fingerprint density at radius 2 is 2.10 bits per heavy atom. The number of esters is 1. The Labute approximate surface area is 129 Å². The lowest BCUT2D eigenvalue weighted by molar-refractivity contribution is -0.151. The Balaban J connectivity index is 2.16. The zero-order valence-electron chi connectivity index (χ0n) is 14.2. The topological polar surface area (TPSA) is 41.6 Å². The zero-order chi connectivity index (χ0) is 15.5. The minimum absolute atomic E-state index is 0.0622. The molecule has 2 fully saturated rings. The second-order valence-electron chi connectivity index (χ2n) is 7.09. The second-order valence-corrected chi connectivity index (χ2v) is 7.09. The van der Waals surface area contributed by atoms with Crippen molar-refractivity contribution >= 4 is 5.97 Å². The van der Waals surface area contributed by atoms with Crippen LogP contribution in [0.5, 0.6) is 0 Å². The summed E-state index contributed by atoms with van der Waals surface area (Å²) in [6.07, 6.45) is 5.84. The summed E-state index contributed by atoms with van der Waals surface area (Å²) in [5.41, 5.74) is -0.484. The van der Waals surface area contributed by atoms with Crippen LogP contribution in [0.3, 0.4) is 0 Å². The van der Waals surface area contributed by atoms with E-state index in [2.05, 4.69) is 31.0 Å². The third-order valence-electron chi connectivity index (χ3n) is 5.15. The molecule has 4 heteroatoms. The minimum Gasteiger partial charge on any atom is -0.468 e. The quantitative estimate of drug-likeness (QED) is 0.699. The Morgan fingerprint density at radius 1 is 1.38 bits per heavy atom. The van der Waals surface area contributed by atoms with Crippen LogP contribution >= 0.6 is 0 Å². The van der Waals surface area contributed by atoms with Crippen LogP contribution in [0, 0.1) is 11.8 Å². The molecular formula is C17H32N2O2. The van der Waals surface area contributed by atoms with Crippen molar-refractivity contribution in [1.29, 1.82) is 0 Å². The summed E-state index contributed by atoms with van der Waals surface area (Å²) in [5, 5.41) is 3.57. The van der Waals surface area contributed by atoms with E-state index in [0.717, 1.165) is 38.9 Å². The molecule has 4 nitrogen and oxygen atoms in total. The molecule has 2 aliphatic rings. The second kappa shape index (κ2) is 7.10. The average molecular weight is 296 g/mol. The third kappa shape index (κ3) is 3.59. The lowest BCUT2D eigenvalue weighted by Gasteiger charge is -2.39. The van der Waals surface area contributed by atoms with Crippen molar-refractivity contribution in [3.05, 3.63) is 0 Å². The van der Waals surface area contributed by atoms with Crippen molar-refractivity contribution in [2.75, 3.05) is 26.7 Å². The fourth-order valence-corrected chi connectivity index (χ4v) is 3.86. The molecule has 1 saturated heterocycles. The van der Waals surface area contributed by atoms with E-state index < -0.39 is 5.54 Å². The summed E-state index contributed by atoms with van der Waals surface area (Å²) < 4.78 is 5.19. The van der Waals surface area contributed by atoms with Crippen molar-refractivity contribution < 1.29 is 9.53 Å². The first kappa shape index (κ1) is 16.8. The smallest absolute Gasteiger partial charge is 0.327 e. The predicted octanol–water partition coefficient (Wildman–Crippen LogP) is 2.43. The van der Waals surface area contributed by atoms with Gasteiger partial charge in [-0.2, -0.15) is 0 Å². The maximum atomic E-state index is 12.6. The van der Waals surface area contributed by atoms with Gasteiger partial charge in [0.15, 0.2) is 0 Å². The molecular weight excluding hydrogens is 264 g/mol. The summed E-state index contributed by atoms with van der Waals surface area (Å²) in [6, 6.07) is 0.608. The molecule has 2 atom stereocenters. The summed E-state index contributed by atoms with van der Waals surface area (Å²) in [7, 11) is 1.52. The van der Waals surface area contributed by atoms with Gasteiger partial charge in [-0.3, -0.25) is 4.90 Å². The zero-order valence-corrected chi connectivity index (χ0v) is 14.2. The van der Waals surface area contributed by atoms with Gasteiger partial charge in [-0.25, -0.2) is 4.79 Å². The molecule has 2 rings (SSSR count). The molecule has 1 heterocycles. The summed E-state index contributed by atoms with van der Waals surface area (Å²) in [5.74, 6) is 1.03. The van der Waals surface area contributed by atoms with Gasteiger partial charge in [-0.15, -0.1) is 0 Å². The molecule has 1 saturated carbocycles. The van der Waals surface area contributed by atoms with Gasteiger partial charge in [0.25, 0.3) is 0 Å². The van der Waals surface area contributed by atoms with E-state index in [1.165, 1.54) is 20.0 Å². The standard InChI is InChI=1S/C17H32N2O2/c1-5-10-18-17(14-8-9-14,16(20)21-4)12-19-11-6-7-15(19)13(2)3/h13-15,18H,5-12H2,1-4H3. The number of carbonyl (C=O) groups excluding carboxylic acids is 1. The maximum Gasteiger partial charge on any atom is 0.327 e. The SMILES string of the molecule is CCCNC(CN1CCCC1C(C)C)(C(=O)OC)C1CC1. The van der Waals surface area contributed by atoms with Gasteiger partial charge < -0.3 is 10.1 Å². The Morgan fingerprint density at radius 3 is 2.62 bits per heavy atom. The van der Waals surface area contributed by atoms with Gasteiger partial charge in [0.1, 0.15) is 5.54 Å². The van der Waals surface area contributed by atoms with E-state index >= 15 is 0 Å². The first-order valence-electron chi connectivity index (χ1n) is 8.62. The van der Waals surface area contributed by atoms with Crippen LogP contribution in [0.15, 0.2) is 0 Å². The van der Waals surface area contributed by atoms with Gasteiger partial charge in [0, 0.05) is 12.6 Å². The predicted molar refractivity (Wildman–Crippen MR) is 85.2 cm³/mol. The Hall–Kier alpha value is -0.610. The fourth-order valence-electron chi connectivity index (χ4n) is 3.86. The van der Waals surface area contributed by atoms with E-state index in [1.807, 2.05) is 0 Å². The van der Waals surface area contributed by atoms with E-state index in [0.29, 0.717) is 17.9 Å². The lowest BCUT2D eigenvalue weighted by atomic mass is 9.90. The molecule has 0 aromatic carbocycles. The monoisotopic (exact) mass is 296 g/mol. The molecule has 2 unspecified atom stereocenters. The molecule has 1 aliphatic carbocycles. The highest BCUT2D eigenvalue weighted by Gasteiger charge is 2.53. The van der Waals surface area contributed by atoms with Gasteiger partial charge in [0.05, 0.1) is 7.11 Å². The lowest BCUT2D eigenvalue weighted by Crippen LogP contribution is -2.62. The minimum atomic E-state index is -0.484. The van der Waals surface area contributed by atoms with Crippen LogP contribution in [0.4, 0.5) is 0 Å². The van der Waals surface area contributed by atoms with Crippen molar-refractivity contribution in [1.82, 2.24) is 10.2 Å². The highest BCUT2D eigenvalue weighted by molar-refractivity contribution is 5.82. The van der Waals surface area contributed by atoms with Gasteiger partial charge in [-0.1, -0.05) is 20.8 Å². The van der Waals surface area contributed by atoms with Crippen LogP contribution in [0.1, 0.15) is 52.9 Å². The molecule has 21 heavy (non-hydrogen) atoms. The number of nitrogens with zero attached hydrogens (tertiary/aromatic N) is 1. The average Bonchev–Trinajstić information content (AvgIpc) is 3.22. The molecule has 0 aromatic heterocycles. The summed E-state index contributed by atoms with van der Waals surface area (Å²) >= 11 is 0. The van der Waals surface area contributed by atoms with Gasteiger partial charge in [-0.05, 0) is 57.0 Å². The number of hydrogen-bond donors (Lipinski definition) is 1. The molecule has 122 valence electrons. The van der Waals surface area contributed by atoms with Crippen molar-refractivity contribution in [2.45, 2.75) is 64.5 Å². The van der Waals surface area contributed by atoms with E-state index in [1.54, 1.807) is 0 Å². The molecule has 0 bridgehead atoms. The van der Waals surface area contributed by atoms with Crippen LogP contribution in [-0.4, -0.2) is 49.2 Å². The van der Waals surface area contributed by atoms with Crippen LogP contribution in [0.25, 0.3) is 0 Å². The fraction of sp³-hybridized carbons (Fsp3) is 0.941. The normalized spacial score (nSPS) is 26.0. The van der Waals surface area contributed by atoms with Gasteiger partial charge >= 0.3 is 5.97 Å². The number of likely N-dealkylation sites (tertiary alicyclic amines) is 1. The highest BCUT2D eigenvalue weighted by atomic mass is 16.5. The highest BCUT2D eigenvalue weighted by Crippen LogP contribution is 2.42. The maximum absolute atomic E-state index is 12.6. The van der Waals surface area contributed by atoms with Crippen molar-refractivity contribution in [3.63, 3.8) is 0 Å². The number of methoxy groups -OCH3 is 1. The molecule has 0 spiro atoms. The summed E-state index contributed by atoms with van der Waals surface area (Å²) in [6.45, 7) is 9.54. The first-order valence-corrected chi connectivity index (χ1v) is 8.62. The molecule has 1 N–H and O–H groups in total. The molecule has 0 amide bonds. The van der Waals surface area contributed by atoms with Crippen molar-refractivity contribution in [3.8, 4) is 0 Å².